The molecular weight excluding hydrogens is 328 g/mol. The second kappa shape index (κ2) is 8.86. The molecule has 0 aliphatic rings. The number of thiocarbonyl (C=S) groups is 1. The molecule has 134 valence electrons. The first-order valence-electron chi connectivity index (χ1n) is 8.76. The van der Waals surface area contributed by atoms with Crippen LogP contribution in [0.1, 0.15) is 44.9 Å². The van der Waals surface area contributed by atoms with Crippen molar-refractivity contribution in [1.29, 1.82) is 0 Å². The average molecular weight is 357 g/mol. The minimum Gasteiger partial charge on any atom is -0.491 e. The van der Waals surface area contributed by atoms with Crippen LogP contribution in [0.5, 0.6) is 5.75 Å². The monoisotopic (exact) mass is 356 g/mol. The van der Waals surface area contributed by atoms with Crippen LogP contribution in [-0.2, 0) is 0 Å². The number of benzene rings is 2. The van der Waals surface area contributed by atoms with Gasteiger partial charge < -0.3 is 15.4 Å². The minimum atomic E-state index is 0.145. The van der Waals surface area contributed by atoms with Crippen molar-refractivity contribution in [2.75, 3.05) is 5.32 Å². The van der Waals surface area contributed by atoms with Crippen molar-refractivity contribution in [3.8, 4) is 5.75 Å². The van der Waals surface area contributed by atoms with Crippen LogP contribution in [0.4, 0.5) is 5.69 Å². The van der Waals surface area contributed by atoms with Crippen LogP contribution < -0.4 is 15.4 Å². The third-order valence-corrected chi connectivity index (χ3v) is 4.16. The van der Waals surface area contributed by atoms with Crippen LogP contribution in [0.2, 0.25) is 0 Å². The topological polar surface area (TPSA) is 33.3 Å². The van der Waals surface area contributed by atoms with Gasteiger partial charge in [-0.1, -0.05) is 44.2 Å². The van der Waals surface area contributed by atoms with E-state index in [1.807, 2.05) is 38.1 Å². The molecule has 2 rings (SSSR count). The summed E-state index contributed by atoms with van der Waals surface area (Å²) in [7, 11) is 0. The van der Waals surface area contributed by atoms with Crippen LogP contribution in [0.3, 0.4) is 0 Å². The van der Waals surface area contributed by atoms with E-state index in [9.17, 15) is 0 Å². The molecule has 1 atom stereocenters. The van der Waals surface area contributed by atoms with Crippen LogP contribution >= 0.6 is 12.2 Å². The summed E-state index contributed by atoms with van der Waals surface area (Å²) in [5.41, 5.74) is 3.46. The molecule has 2 aromatic rings. The molecule has 2 N–H and O–H groups in total. The molecule has 3 nitrogen and oxygen atoms in total. The number of aryl methyl sites for hydroxylation is 1. The molecule has 0 spiro atoms. The van der Waals surface area contributed by atoms with Crippen molar-refractivity contribution in [2.24, 2.45) is 5.92 Å². The van der Waals surface area contributed by atoms with Gasteiger partial charge in [0, 0.05) is 11.8 Å². The van der Waals surface area contributed by atoms with Gasteiger partial charge in [-0.2, -0.15) is 0 Å². The normalized spacial score (nSPS) is 12.1. The van der Waals surface area contributed by atoms with Gasteiger partial charge in [-0.15, -0.1) is 0 Å². The number of anilines is 1. The van der Waals surface area contributed by atoms with Gasteiger partial charge in [-0.25, -0.2) is 0 Å². The van der Waals surface area contributed by atoms with Gasteiger partial charge in [0.2, 0.25) is 0 Å². The molecule has 25 heavy (non-hydrogen) atoms. The zero-order valence-electron chi connectivity index (χ0n) is 15.7. The molecule has 0 aliphatic heterocycles. The summed E-state index contributed by atoms with van der Waals surface area (Å²) >= 11 is 5.54. The highest BCUT2D eigenvalue weighted by molar-refractivity contribution is 7.80. The lowest BCUT2D eigenvalue weighted by Crippen LogP contribution is -2.35. The Morgan fingerprint density at radius 3 is 2.36 bits per heavy atom. The highest BCUT2D eigenvalue weighted by Crippen LogP contribution is 2.25. The predicted octanol–water partition coefficient (Wildman–Crippen LogP) is 5.47. The number of hydrogen-bond donors (Lipinski definition) is 2. The molecule has 0 radical (unpaired) electrons. The summed E-state index contributed by atoms with van der Waals surface area (Å²) < 4.78 is 5.74. The molecule has 0 saturated carbocycles. The van der Waals surface area contributed by atoms with Crippen LogP contribution in [0, 0.1) is 12.8 Å². The molecular formula is C21H28N2OS. The average Bonchev–Trinajstić information content (AvgIpc) is 2.53. The minimum absolute atomic E-state index is 0.145. The van der Waals surface area contributed by atoms with Gasteiger partial charge in [-0.05, 0) is 62.2 Å². The fraction of sp³-hybridized carbons (Fsp3) is 0.381. The lowest BCUT2D eigenvalue weighted by atomic mass is 9.93. The van der Waals surface area contributed by atoms with Crippen molar-refractivity contribution in [3.63, 3.8) is 0 Å². The highest BCUT2D eigenvalue weighted by atomic mass is 32.1. The Bertz CT molecular complexity index is 713. The molecule has 2 aromatic carbocycles. The molecule has 4 heteroatoms. The smallest absolute Gasteiger partial charge is 0.171 e. The lowest BCUT2D eigenvalue weighted by Gasteiger charge is -2.26. The Kier molecular flexibility index (Phi) is 6.82. The van der Waals surface area contributed by atoms with E-state index >= 15 is 0 Å². The van der Waals surface area contributed by atoms with E-state index in [-0.39, 0.29) is 12.1 Å². The summed E-state index contributed by atoms with van der Waals surface area (Å²) in [5, 5.41) is 7.35. The maximum absolute atomic E-state index is 5.74. The van der Waals surface area contributed by atoms with Crippen molar-refractivity contribution < 1.29 is 4.74 Å². The fourth-order valence-electron chi connectivity index (χ4n) is 2.77. The summed E-state index contributed by atoms with van der Waals surface area (Å²) in [6.07, 6.45) is 0.145. The van der Waals surface area contributed by atoms with Crippen molar-refractivity contribution >= 4 is 23.0 Å². The number of hydrogen-bond acceptors (Lipinski definition) is 2. The van der Waals surface area contributed by atoms with Crippen LogP contribution in [0.15, 0.2) is 48.5 Å². The Morgan fingerprint density at radius 1 is 1.00 bits per heavy atom. The lowest BCUT2D eigenvalue weighted by molar-refractivity contribution is 0.242. The molecule has 0 aliphatic carbocycles. The van der Waals surface area contributed by atoms with Crippen molar-refractivity contribution in [2.45, 2.75) is 46.8 Å². The van der Waals surface area contributed by atoms with Crippen molar-refractivity contribution in [1.82, 2.24) is 5.32 Å². The van der Waals surface area contributed by atoms with E-state index in [2.05, 4.69) is 55.7 Å². The molecule has 0 aromatic heterocycles. The zero-order chi connectivity index (χ0) is 18.4. The fourth-order valence-corrected chi connectivity index (χ4v) is 3.01. The van der Waals surface area contributed by atoms with Gasteiger partial charge in [-0.3, -0.25) is 0 Å². The molecule has 0 fully saturated rings. The maximum Gasteiger partial charge on any atom is 0.171 e. The second-order valence-corrected chi connectivity index (χ2v) is 7.28. The largest absolute Gasteiger partial charge is 0.491 e. The van der Waals surface area contributed by atoms with Gasteiger partial charge >= 0.3 is 0 Å². The van der Waals surface area contributed by atoms with Crippen LogP contribution in [-0.4, -0.2) is 11.2 Å². The highest BCUT2D eigenvalue weighted by Gasteiger charge is 2.18. The number of ether oxygens (including phenoxy) is 1. The SMILES string of the molecule is Cc1ccccc1C(NC(=S)Nc1cccc(OC(C)C)c1)C(C)C. The van der Waals surface area contributed by atoms with E-state index in [0.29, 0.717) is 11.0 Å². The first-order valence-corrected chi connectivity index (χ1v) is 9.17. The number of rotatable bonds is 6. The Labute approximate surface area is 156 Å². The first kappa shape index (κ1) is 19.3. The summed E-state index contributed by atoms with van der Waals surface area (Å²) in [6.45, 7) is 10.6. The van der Waals surface area contributed by atoms with Gasteiger partial charge in [0.1, 0.15) is 5.75 Å². The molecule has 0 amide bonds. The predicted molar refractivity (Wildman–Crippen MR) is 110 cm³/mol. The quantitative estimate of drug-likeness (QED) is 0.673. The third kappa shape index (κ3) is 5.75. The van der Waals surface area contributed by atoms with Gasteiger partial charge in [0.15, 0.2) is 5.11 Å². The Hall–Kier alpha value is -2.07. The zero-order valence-corrected chi connectivity index (χ0v) is 16.5. The Morgan fingerprint density at radius 2 is 1.72 bits per heavy atom. The molecule has 0 heterocycles. The third-order valence-electron chi connectivity index (χ3n) is 3.94. The molecule has 0 bridgehead atoms. The summed E-state index contributed by atoms with van der Waals surface area (Å²) in [5.74, 6) is 1.25. The van der Waals surface area contributed by atoms with E-state index in [4.69, 9.17) is 17.0 Å². The van der Waals surface area contributed by atoms with Gasteiger partial charge in [0.25, 0.3) is 0 Å². The molecule has 1 unspecified atom stereocenters. The number of nitrogens with one attached hydrogen (secondary N) is 2. The van der Waals surface area contributed by atoms with E-state index in [1.165, 1.54) is 11.1 Å². The first-order chi connectivity index (χ1) is 11.9. The molecule has 0 saturated heterocycles. The van der Waals surface area contributed by atoms with Crippen LogP contribution in [0.25, 0.3) is 0 Å². The van der Waals surface area contributed by atoms with E-state index in [0.717, 1.165) is 11.4 Å². The van der Waals surface area contributed by atoms with E-state index < -0.39 is 0 Å². The summed E-state index contributed by atoms with van der Waals surface area (Å²) in [4.78, 5) is 0. The van der Waals surface area contributed by atoms with Crippen molar-refractivity contribution in [3.05, 3.63) is 59.7 Å². The second-order valence-electron chi connectivity index (χ2n) is 6.87. The summed E-state index contributed by atoms with van der Waals surface area (Å²) in [6, 6.07) is 16.5. The maximum atomic E-state index is 5.74. The standard InChI is InChI=1S/C21H28N2OS/c1-14(2)20(19-12-7-6-9-16(19)5)23-21(25)22-17-10-8-11-18(13-17)24-15(3)4/h6-15,20H,1-5H3,(H2,22,23,25). The van der Waals surface area contributed by atoms with Gasteiger partial charge in [0.05, 0.1) is 12.1 Å². The van der Waals surface area contributed by atoms with E-state index in [1.54, 1.807) is 0 Å². The Balaban J connectivity index is 2.08.